The fraction of sp³-hybridized carbons (Fsp3) is 0.250. The number of aromatic nitrogens is 5. The van der Waals surface area contributed by atoms with Crippen LogP contribution in [-0.2, 0) is 11.3 Å². The number of ether oxygens (including phenoxy) is 1. The van der Waals surface area contributed by atoms with Crippen molar-refractivity contribution in [2.45, 2.75) is 20.4 Å². The predicted octanol–water partition coefficient (Wildman–Crippen LogP) is 3.22. The maximum atomic E-state index is 12.5. The average Bonchev–Trinajstić information content (AvgIpc) is 3.26. The summed E-state index contributed by atoms with van der Waals surface area (Å²) in [5.74, 6) is -1.10. The zero-order chi connectivity index (χ0) is 20.3. The van der Waals surface area contributed by atoms with E-state index in [1.807, 2.05) is 6.07 Å². The van der Waals surface area contributed by atoms with Crippen LogP contribution in [0.15, 0.2) is 18.2 Å². The molecule has 146 valence electrons. The number of benzene rings is 1. The minimum atomic E-state index is -0.593. The Bertz CT molecular complexity index is 1040. The largest absolute Gasteiger partial charge is 0.461 e. The average molecular weight is 441 g/mol. The molecule has 0 saturated carbocycles. The van der Waals surface area contributed by atoms with Gasteiger partial charge in [-0.25, -0.2) is 9.48 Å². The first-order chi connectivity index (χ1) is 13.4. The van der Waals surface area contributed by atoms with E-state index in [0.29, 0.717) is 22.3 Å². The summed E-state index contributed by atoms with van der Waals surface area (Å²) in [7, 11) is 0. The van der Waals surface area contributed by atoms with Crippen LogP contribution in [0, 0.1) is 6.92 Å². The molecular weight excluding hydrogens is 427 g/mol. The van der Waals surface area contributed by atoms with Gasteiger partial charge in [0, 0.05) is 0 Å². The highest BCUT2D eigenvalue weighted by atomic mass is 35.5. The van der Waals surface area contributed by atoms with Gasteiger partial charge in [0.2, 0.25) is 10.1 Å². The molecule has 12 heteroatoms. The second kappa shape index (κ2) is 8.63. The van der Waals surface area contributed by atoms with Crippen molar-refractivity contribution in [3.8, 4) is 0 Å². The number of hydrogen-bond acceptors (Lipinski definition) is 8. The van der Waals surface area contributed by atoms with Gasteiger partial charge in [-0.15, -0.1) is 15.3 Å². The molecule has 0 unspecified atom stereocenters. The van der Waals surface area contributed by atoms with E-state index in [1.165, 1.54) is 0 Å². The van der Waals surface area contributed by atoms with Gasteiger partial charge in [0.15, 0.2) is 5.69 Å². The molecule has 1 amide bonds. The molecule has 0 bridgehead atoms. The van der Waals surface area contributed by atoms with Crippen LogP contribution in [0.3, 0.4) is 0 Å². The smallest absolute Gasteiger partial charge is 0.369 e. The van der Waals surface area contributed by atoms with Crippen molar-refractivity contribution >= 4 is 51.5 Å². The van der Waals surface area contributed by atoms with Crippen molar-refractivity contribution in [1.29, 1.82) is 0 Å². The lowest BCUT2D eigenvalue weighted by Crippen LogP contribution is -2.14. The highest BCUT2D eigenvalue weighted by Crippen LogP contribution is 2.23. The Kier molecular flexibility index (Phi) is 6.22. The summed E-state index contributed by atoms with van der Waals surface area (Å²) in [6.07, 6.45) is 0. The molecule has 0 aliphatic carbocycles. The third-order valence-corrected chi connectivity index (χ3v) is 5.17. The van der Waals surface area contributed by atoms with Gasteiger partial charge < -0.3 is 4.74 Å². The molecule has 1 aromatic carbocycles. The van der Waals surface area contributed by atoms with Gasteiger partial charge in [-0.05, 0) is 31.5 Å². The Labute approximate surface area is 173 Å². The van der Waals surface area contributed by atoms with E-state index < -0.39 is 11.9 Å². The molecule has 0 radical (unpaired) electrons. The third-order valence-electron chi connectivity index (χ3n) is 3.61. The van der Waals surface area contributed by atoms with Gasteiger partial charge >= 0.3 is 5.97 Å². The van der Waals surface area contributed by atoms with Crippen molar-refractivity contribution in [3.63, 3.8) is 0 Å². The van der Waals surface area contributed by atoms with Crippen LogP contribution in [-0.4, -0.2) is 43.7 Å². The number of carbonyl (C=O) groups excluding carboxylic acids is 2. The zero-order valence-corrected chi connectivity index (χ0v) is 17.1. The van der Waals surface area contributed by atoms with Gasteiger partial charge in [-0.3, -0.25) is 10.1 Å². The molecular formula is C16H14Cl2N6O3S. The number of rotatable bonds is 6. The second-order valence-corrected chi connectivity index (χ2v) is 7.31. The van der Waals surface area contributed by atoms with E-state index in [0.717, 1.165) is 16.9 Å². The Morgan fingerprint density at radius 2 is 2.00 bits per heavy atom. The number of nitrogens with one attached hydrogen (secondary N) is 1. The number of amides is 1. The fourth-order valence-corrected chi connectivity index (χ4v) is 3.19. The van der Waals surface area contributed by atoms with Crippen LogP contribution in [0.5, 0.6) is 0 Å². The quantitative estimate of drug-likeness (QED) is 0.585. The number of hydrogen-bond donors (Lipinski definition) is 1. The lowest BCUT2D eigenvalue weighted by molar-refractivity contribution is 0.0525. The molecule has 2 aromatic heterocycles. The second-order valence-electron chi connectivity index (χ2n) is 5.52. The highest BCUT2D eigenvalue weighted by Gasteiger charge is 2.20. The topological polar surface area (TPSA) is 112 Å². The molecule has 1 N–H and O–H groups in total. The molecule has 3 aromatic rings. The fourth-order valence-electron chi connectivity index (χ4n) is 2.24. The molecule has 9 nitrogen and oxygen atoms in total. The maximum absolute atomic E-state index is 12.5. The number of carbonyl (C=O) groups is 2. The summed E-state index contributed by atoms with van der Waals surface area (Å²) in [5, 5.41) is 19.0. The van der Waals surface area contributed by atoms with E-state index in [1.54, 1.807) is 30.7 Å². The molecule has 0 fully saturated rings. The van der Waals surface area contributed by atoms with Crippen LogP contribution in [0.4, 0.5) is 5.13 Å². The Morgan fingerprint density at radius 3 is 2.71 bits per heavy atom. The summed E-state index contributed by atoms with van der Waals surface area (Å²) in [5.41, 5.74) is 1.55. The van der Waals surface area contributed by atoms with Gasteiger partial charge in [0.25, 0.3) is 5.91 Å². The summed E-state index contributed by atoms with van der Waals surface area (Å²) in [6.45, 7) is 4.00. The molecule has 28 heavy (non-hydrogen) atoms. The van der Waals surface area contributed by atoms with Crippen molar-refractivity contribution in [2.24, 2.45) is 0 Å². The van der Waals surface area contributed by atoms with Gasteiger partial charge in [-0.2, -0.15) is 0 Å². The van der Waals surface area contributed by atoms with Gasteiger partial charge in [0.05, 0.1) is 28.9 Å². The first-order valence-corrected chi connectivity index (χ1v) is 9.62. The maximum Gasteiger partial charge on any atom is 0.369 e. The molecule has 0 atom stereocenters. The number of halogens is 2. The lowest BCUT2D eigenvalue weighted by atomic mass is 10.2. The van der Waals surface area contributed by atoms with E-state index in [-0.39, 0.29) is 22.4 Å². The van der Waals surface area contributed by atoms with E-state index in [4.69, 9.17) is 27.9 Å². The third kappa shape index (κ3) is 4.46. The van der Waals surface area contributed by atoms with E-state index in [9.17, 15) is 9.59 Å². The first-order valence-electron chi connectivity index (χ1n) is 8.05. The Balaban J connectivity index is 1.71. The van der Waals surface area contributed by atoms with E-state index in [2.05, 4.69) is 25.8 Å². The molecule has 0 saturated heterocycles. The number of anilines is 1. The molecule has 0 aliphatic heterocycles. The SMILES string of the molecule is CCOC(=O)c1nnc(NC(=O)c2nnn(Cc3ccc(Cl)c(Cl)c3)c2C)s1. The van der Waals surface area contributed by atoms with Crippen molar-refractivity contribution in [1.82, 2.24) is 25.2 Å². The number of esters is 1. The van der Waals surface area contributed by atoms with Crippen molar-refractivity contribution in [2.75, 3.05) is 11.9 Å². The van der Waals surface area contributed by atoms with Crippen molar-refractivity contribution in [3.05, 3.63) is 50.2 Å². The normalized spacial score (nSPS) is 10.7. The minimum absolute atomic E-state index is 0.0529. The van der Waals surface area contributed by atoms with Crippen LogP contribution in [0.2, 0.25) is 10.0 Å². The summed E-state index contributed by atoms with van der Waals surface area (Å²) < 4.78 is 6.41. The highest BCUT2D eigenvalue weighted by molar-refractivity contribution is 7.17. The van der Waals surface area contributed by atoms with Gasteiger partial charge in [0.1, 0.15) is 0 Å². The van der Waals surface area contributed by atoms with Crippen LogP contribution >= 0.6 is 34.5 Å². The Hall–Kier alpha value is -2.56. The van der Waals surface area contributed by atoms with E-state index >= 15 is 0 Å². The van der Waals surface area contributed by atoms with Crippen LogP contribution in [0.1, 0.15) is 38.5 Å². The number of nitrogens with zero attached hydrogens (tertiary/aromatic N) is 5. The predicted molar refractivity (Wildman–Crippen MR) is 104 cm³/mol. The minimum Gasteiger partial charge on any atom is -0.461 e. The standard InChI is InChI=1S/C16H14Cl2N6O3S/c1-3-27-15(26)14-21-22-16(28-14)19-13(25)12-8(2)24(23-20-12)7-9-4-5-10(17)11(18)6-9/h4-6H,3,7H2,1-2H3,(H,19,22,25). The molecule has 3 rings (SSSR count). The summed E-state index contributed by atoms with van der Waals surface area (Å²) in [4.78, 5) is 24.1. The monoisotopic (exact) mass is 440 g/mol. The Morgan fingerprint density at radius 1 is 1.21 bits per heavy atom. The summed E-state index contributed by atoms with van der Waals surface area (Å²) >= 11 is 12.9. The summed E-state index contributed by atoms with van der Waals surface area (Å²) in [6, 6.07) is 5.23. The van der Waals surface area contributed by atoms with Crippen LogP contribution in [0.25, 0.3) is 0 Å². The zero-order valence-electron chi connectivity index (χ0n) is 14.8. The van der Waals surface area contributed by atoms with Crippen molar-refractivity contribution < 1.29 is 14.3 Å². The van der Waals surface area contributed by atoms with Crippen LogP contribution < -0.4 is 5.32 Å². The molecule has 0 aliphatic rings. The molecule has 0 spiro atoms. The molecule has 2 heterocycles. The van der Waals surface area contributed by atoms with Gasteiger partial charge in [-0.1, -0.05) is 45.8 Å². The first kappa shape index (κ1) is 20.2. The lowest BCUT2D eigenvalue weighted by Gasteiger charge is -2.05.